The van der Waals surface area contributed by atoms with Crippen molar-refractivity contribution < 1.29 is 13.9 Å². The van der Waals surface area contributed by atoms with Crippen molar-refractivity contribution >= 4 is 0 Å². The Bertz CT molecular complexity index is 490. The highest BCUT2D eigenvalue weighted by Gasteiger charge is 2.28. The van der Waals surface area contributed by atoms with Gasteiger partial charge >= 0.3 is 0 Å². The molecule has 1 unspecified atom stereocenters. The van der Waals surface area contributed by atoms with Gasteiger partial charge in [-0.1, -0.05) is 0 Å². The third kappa shape index (κ3) is 2.75. The summed E-state index contributed by atoms with van der Waals surface area (Å²) in [6.07, 6.45) is 3.30. The average molecular weight is 279 g/mol. The van der Waals surface area contributed by atoms with E-state index in [1.165, 1.54) is 12.8 Å². The summed E-state index contributed by atoms with van der Waals surface area (Å²) in [5.41, 5.74) is 0.418. The van der Waals surface area contributed by atoms with E-state index in [0.717, 1.165) is 36.4 Å². The molecule has 110 valence electrons. The number of fused-ring (bicyclic) bond motifs is 1. The van der Waals surface area contributed by atoms with Crippen LogP contribution in [-0.2, 0) is 12.1 Å². The zero-order chi connectivity index (χ0) is 14.2. The van der Waals surface area contributed by atoms with Crippen molar-refractivity contribution in [3.63, 3.8) is 0 Å². The van der Waals surface area contributed by atoms with Crippen molar-refractivity contribution in [1.29, 1.82) is 0 Å². The van der Waals surface area contributed by atoms with Crippen molar-refractivity contribution in [2.24, 2.45) is 5.92 Å². The van der Waals surface area contributed by atoms with E-state index in [0.29, 0.717) is 11.7 Å². The summed E-state index contributed by atoms with van der Waals surface area (Å²) in [7, 11) is 0. The van der Waals surface area contributed by atoms with Gasteiger partial charge in [0.25, 0.3) is 0 Å². The molecular weight excluding hydrogens is 257 g/mol. The number of piperidine rings is 1. The summed E-state index contributed by atoms with van der Waals surface area (Å²) < 4.78 is 25.3. The summed E-state index contributed by atoms with van der Waals surface area (Å²) in [6.45, 7) is 5.55. The van der Waals surface area contributed by atoms with Crippen LogP contribution < -0.4 is 14.8 Å². The van der Waals surface area contributed by atoms with E-state index in [1.807, 2.05) is 12.1 Å². The van der Waals surface area contributed by atoms with Crippen LogP contribution in [0.5, 0.6) is 11.5 Å². The van der Waals surface area contributed by atoms with Crippen LogP contribution in [0, 0.1) is 5.92 Å². The van der Waals surface area contributed by atoms with Crippen LogP contribution in [0.4, 0.5) is 4.39 Å². The molecule has 4 heteroatoms. The first-order valence-corrected chi connectivity index (χ1v) is 7.36. The Hall–Kier alpha value is -1.29. The fourth-order valence-electron chi connectivity index (χ4n) is 3.12. The lowest BCUT2D eigenvalue weighted by Gasteiger charge is -2.26. The van der Waals surface area contributed by atoms with Crippen molar-refractivity contribution in [3.8, 4) is 11.5 Å². The average Bonchev–Trinajstić information content (AvgIpc) is 2.85. The fraction of sp³-hybridized carbons (Fsp3) is 0.625. The first kappa shape index (κ1) is 13.7. The van der Waals surface area contributed by atoms with Gasteiger partial charge < -0.3 is 14.8 Å². The molecule has 1 saturated heterocycles. The lowest BCUT2D eigenvalue weighted by atomic mass is 9.86. The number of nitrogens with one attached hydrogen (secondary N) is 1. The minimum absolute atomic E-state index is 0.232. The largest absolute Gasteiger partial charge is 0.454 e. The van der Waals surface area contributed by atoms with Gasteiger partial charge in [0, 0.05) is 0 Å². The van der Waals surface area contributed by atoms with Crippen LogP contribution in [0.1, 0.15) is 37.8 Å². The molecule has 1 N–H and O–H groups in total. The summed E-state index contributed by atoms with van der Waals surface area (Å²) in [5, 5.41) is 3.42. The minimum Gasteiger partial charge on any atom is -0.454 e. The standard InChI is InChI=1S/C16H22FNO2/c1-16(2,17)13-8-15-14(19-10-20-15)7-12(13)6-11-4-3-5-18-9-11/h7-8,11,18H,3-6,9-10H2,1-2H3. The Labute approximate surface area is 119 Å². The maximum Gasteiger partial charge on any atom is 0.231 e. The highest BCUT2D eigenvalue weighted by atomic mass is 19.1. The lowest BCUT2D eigenvalue weighted by Crippen LogP contribution is -2.31. The van der Waals surface area contributed by atoms with E-state index < -0.39 is 5.67 Å². The van der Waals surface area contributed by atoms with Gasteiger partial charge in [-0.3, -0.25) is 0 Å². The van der Waals surface area contributed by atoms with E-state index in [4.69, 9.17) is 9.47 Å². The van der Waals surface area contributed by atoms with Crippen molar-refractivity contribution in [2.75, 3.05) is 19.9 Å². The third-order valence-corrected chi connectivity index (χ3v) is 4.15. The number of halogens is 1. The van der Waals surface area contributed by atoms with Gasteiger partial charge in [0.15, 0.2) is 11.5 Å². The maximum atomic E-state index is 14.5. The monoisotopic (exact) mass is 279 g/mol. The number of ether oxygens (including phenoxy) is 2. The topological polar surface area (TPSA) is 30.5 Å². The molecule has 3 rings (SSSR count). The Morgan fingerprint density at radius 2 is 2.05 bits per heavy atom. The van der Waals surface area contributed by atoms with Gasteiger partial charge in [-0.05, 0) is 75.4 Å². The van der Waals surface area contributed by atoms with Crippen LogP contribution >= 0.6 is 0 Å². The summed E-state index contributed by atoms with van der Waals surface area (Å²) in [6, 6.07) is 3.78. The minimum atomic E-state index is -1.36. The smallest absolute Gasteiger partial charge is 0.231 e. The molecule has 3 nitrogen and oxygen atoms in total. The first-order chi connectivity index (χ1) is 9.54. The molecular formula is C16H22FNO2. The molecule has 0 spiro atoms. The van der Waals surface area contributed by atoms with Crippen molar-refractivity contribution in [3.05, 3.63) is 23.3 Å². The van der Waals surface area contributed by atoms with Crippen molar-refractivity contribution in [1.82, 2.24) is 5.32 Å². The predicted octanol–water partition coefficient (Wildman–Crippen LogP) is 3.16. The Morgan fingerprint density at radius 1 is 1.30 bits per heavy atom. The fourth-order valence-corrected chi connectivity index (χ4v) is 3.12. The quantitative estimate of drug-likeness (QED) is 0.922. The second-order valence-electron chi connectivity index (χ2n) is 6.25. The summed E-state index contributed by atoms with van der Waals surface area (Å²) >= 11 is 0. The van der Waals surface area contributed by atoms with E-state index in [-0.39, 0.29) is 6.79 Å². The zero-order valence-electron chi connectivity index (χ0n) is 12.2. The second-order valence-corrected chi connectivity index (χ2v) is 6.25. The van der Waals surface area contributed by atoms with Gasteiger partial charge in [-0.2, -0.15) is 0 Å². The molecule has 0 amide bonds. The lowest BCUT2D eigenvalue weighted by molar-refractivity contribution is 0.173. The molecule has 0 aromatic heterocycles. The molecule has 0 radical (unpaired) electrons. The van der Waals surface area contributed by atoms with Crippen LogP contribution in [0.2, 0.25) is 0 Å². The molecule has 1 fully saturated rings. The number of benzene rings is 1. The molecule has 1 aromatic carbocycles. The maximum absolute atomic E-state index is 14.5. The van der Waals surface area contributed by atoms with Crippen LogP contribution in [0.25, 0.3) is 0 Å². The Balaban J connectivity index is 1.91. The van der Waals surface area contributed by atoms with Crippen LogP contribution in [-0.4, -0.2) is 19.9 Å². The van der Waals surface area contributed by atoms with Gasteiger partial charge in [-0.15, -0.1) is 0 Å². The van der Waals surface area contributed by atoms with E-state index in [9.17, 15) is 4.39 Å². The molecule has 1 aromatic rings. The molecule has 1 atom stereocenters. The predicted molar refractivity (Wildman–Crippen MR) is 76.0 cm³/mol. The SMILES string of the molecule is CC(C)(F)c1cc2c(cc1CC1CCCNC1)OCO2. The van der Waals surface area contributed by atoms with Crippen LogP contribution in [0.3, 0.4) is 0 Å². The number of alkyl halides is 1. The zero-order valence-corrected chi connectivity index (χ0v) is 12.2. The number of rotatable bonds is 3. The molecule has 0 saturated carbocycles. The highest BCUT2D eigenvalue weighted by molar-refractivity contribution is 5.50. The normalized spacial score (nSPS) is 22.1. The van der Waals surface area contributed by atoms with E-state index in [2.05, 4.69) is 5.32 Å². The molecule has 2 heterocycles. The number of hydrogen-bond acceptors (Lipinski definition) is 3. The highest BCUT2D eigenvalue weighted by Crippen LogP contribution is 2.40. The van der Waals surface area contributed by atoms with E-state index in [1.54, 1.807) is 13.8 Å². The van der Waals surface area contributed by atoms with Gasteiger partial charge in [0.1, 0.15) is 5.67 Å². The molecule has 20 heavy (non-hydrogen) atoms. The van der Waals surface area contributed by atoms with Gasteiger partial charge in [0.2, 0.25) is 6.79 Å². The Kier molecular flexibility index (Phi) is 3.59. The molecule has 0 aliphatic carbocycles. The number of hydrogen-bond donors (Lipinski definition) is 1. The second kappa shape index (κ2) is 5.24. The molecule has 2 aliphatic heterocycles. The van der Waals surface area contributed by atoms with Gasteiger partial charge in [0.05, 0.1) is 0 Å². The Morgan fingerprint density at radius 3 is 2.70 bits per heavy atom. The van der Waals surface area contributed by atoms with E-state index >= 15 is 0 Å². The van der Waals surface area contributed by atoms with Gasteiger partial charge in [-0.25, -0.2) is 4.39 Å². The first-order valence-electron chi connectivity index (χ1n) is 7.36. The summed E-state index contributed by atoms with van der Waals surface area (Å²) in [4.78, 5) is 0. The molecule has 0 bridgehead atoms. The molecule has 2 aliphatic rings. The van der Waals surface area contributed by atoms with Crippen molar-refractivity contribution in [2.45, 2.75) is 38.8 Å². The van der Waals surface area contributed by atoms with Crippen LogP contribution in [0.15, 0.2) is 12.1 Å². The summed E-state index contributed by atoms with van der Waals surface area (Å²) in [5.74, 6) is 1.98. The third-order valence-electron chi connectivity index (χ3n) is 4.15.